The molecule has 0 unspecified atom stereocenters. The van der Waals surface area contributed by atoms with E-state index in [1.54, 1.807) is 19.1 Å². The van der Waals surface area contributed by atoms with E-state index >= 15 is 0 Å². The lowest BCUT2D eigenvalue weighted by molar-refractivity contribution is -0.385. The van der Waals surface area contributed by atoms with E-state index in [-0.39, 0.29) is 30.3 Å². The van der Waals surface area contributed by atoms with Gasteiger partial charge in [-0.05, 0) is 12.1 Å². The second-order valence-electron chi connectivity index (χ2n) is 3.94. The van der Waals surface area contributed by atoms with Crippen LogP contribution in [0.5, 0.6) is 0 Å². The number of rotatable bonds is 7. The topological polar surface area (TPSA) is 89.3 Å². The molecule has 0 aliphatic rings. The second-order valence-corrected chi connectivity index (χ2v) is 6.85. The minimum atomic E-state index is -3.02. The highest BCUT2D eigenvalue weighted by Crippen LogP contribution is 2.22. The first kappa shape index (κ1) is 15.9. The van der Waals surface area contributed by atoms with Gasteiger partial charge in [-0.3, -0.25) is 10.1 Å². The van der Waals surface area contributed by atoms with Crippen LogP contribution in [0.1, 0.15) is 12.5 Å². The van der Waals surface area contributed by atoms with Crippen LogP contribution in [0, 0.1) is 10.1 Å². The van der Waals surface area contributed by atoms with Gasteiger partial charge in [0.2, 0.25) is 0 Å². The lowest BCUT2D eigenvalue weighted by Crippen LogP contribution is -2.23. The fourth-order valence-electron chi connectivity index (χ4n) is 1.45. The van der Waals surface area contributed by atoms with Crippen LogP contribution < -0.4 is 5.32 Å². The molecule has 0 aliphatic heterocycles. The minimum Gasteiger partial charge on any atom is -0.311 e. The second kappa shape index (κ2) is 6.83. The predicted octanol–water partition coefficient (Wildman–Crippen LogP) is 1.77. The Morgan fingerprint density at radius 3 is 2.68 bits per heavy atom. The summed E-state index contributed by atoms with van der Waals surface area (Å²) >= 11 is 5.70. The van der Waals surface area contributed by atoms with Crippen molar-refractivity contribution in [2.24, 2.45) is 0 Å². The molecule has 0 atom stereocenters. The van der Waals surface area contributed by atoms with Crippen LogP contribution in [0.25, 0.3) is 0 Å². The first-order valence-electron chi connectivity index (χ1n) is 5.69. The van der Waals surface area contributed by atoms with Crippen LogP contribution in [0.4, 0.5) is 5.69 Å². The molecule has 106 valence electrons. The predicted molar refractivity (Wildman–Crippen MR) is 74.1 cm³/mol. The van der Waals surface area contributed by atoms with Crippen LogP contribution in [-0.4, -0.2) is 31.4 Å². The summed E-state index contributed by atoms with van der Waals surface area (Å²) in [6.07, 6.45) is 0. The Balaban J connectivity index is 2.61. The third-order valence-electron chi connectivity index (χ3n) is 2.59. The largest absolute Gasteiger partial charge is 0.311 e. The van der Waals surface area contributed by atoms with Crippen molar-refractivity contribution in [2.75, 3.05) is 18.1 Å². The molecular formula is C11H15ClN2O4S. The zero-order chi connectivity index (χ0) is 14.5. The van der Waals surface area contributed by atoms with Gasteiger partial charge in [0.25, 0.3) is 5.69 Å². The quantitative estimate of drug-likeness (QED) is 0.471. The van der Waals surface area contributed by atoms with Gasteiger partial charge in [0, 0.05) is 35.5 Å². The Hall–Kier alpha value is -1.18. The number of nitro groups is 1. The van der Waals surface area contributed by atoms with Crippen LogP contribution in [0.15, 0.2) is 18.2 Å². The first-order valence-corrected chi connectivity index (χ1v) is 7.89. The highest BCUT2D eigenvalue weighted by molar-refractivity contribution is 7.91. The maximum atomic E-state index is 11.3. The molecular weight excluding hydrogens is 292 g/mol. The summed E-state index contributed by atoms with van der Waals surface area (Å²) in [7, 11) is -3.02. The summed E-state index contributed by atoms with van der Waals surface area (Å²) < 4.78 is 22.5. The van der Waals surface area contributed by atoms with E-state index in [1.807, 2.05) is 0 Å². The fraction of sp³-hybridized carbons (Fsp3) is 0.455. The van der Waals surface area contributed by atoms with Crippen molar-refractivity contribution in [3.8, 4) is 0 Å². The average molecular weight is 307 g/mol. The van der Waals surface area contributed by atoms with Crippen LogP contribution in [0.3, 0.4) is 0 Å². The molecule has 6 nitrogen and oxygen atoms in total. The lowest BCUT2D eigenvalue weighted by atomic mass is 10.2. The van der Waals surface area contributed by atoms with Crippen molar-refractivity contribution in [3.05, 3.63) is 38.9 Å². The Bertz CT molecular complexity index is 560. The van der Waals surface area contributed by atoms with Gasteiger partial charge in [0.1, 0.15) is 0 Å². The van der Waals surface area contributed by atoms with Crippen LogP contribution in [0.2, 0.25) is 5.02 Å². The normalized spacial score (nSPS) is 11.5. The molecule has 0 heterocycles. The van der Waals surface area contributed by atoms with E-state index in [1.165, 1.54) is 6.07 Å². The van der Waals surface area contributed by atoms with Gasteiger partial charge in [0.15, 0.2) is 9.84 Å². The molecule has 8 heteroatoms. The molecule has 0 saturated heterocycles. The summed E-state index contributed by atoms with van der Waals surface area (Å²) in [6.45, 7) is 2.07. The number of nitrogens with one attached hydrogen (secondary N) is 1. The third kappa shape index (κ3) is 5.14. The van der Waals surface area contributed by atoms with Crippen molar-refractivity contribution in [3.63, 3.8) is 0 Å². The van der Waals surface area contributed by atoms with E-state index < -0.39 is 14.8 Å². The number of hydrogen-bond acceptors (Lipinski definition) is 5. The minimum absolute atomic E-state index is 0.0187. The molecule has 0 fully saturated rings. The Kier molecular flexibility index (Phi) is 5.71. The molecule has 0 saturated carbocycles. The van der Waals surface area contributed by atoms with Gasteiger partial charge in [0.05, 0.1) is 10.7 Å². The SMILES string of the molecule is CCS(=O)(=O)CCNCc1ccc(Cl)cc1[N+](=O)[O-]. The van der Waals surface area contributed by atoms with Crippen molar-refractivity contribution in [1.82, 2.24) is 5.32 Å². The number of sulfone groups is 1. The summed E-state index contributed by atoms with van der Waals surface area (Å²) in [4.78, 5) is 10.3. The molecule has 0 bridgehead atoms. The number of nitro benzene ring substituents is 1. The van der Waals surface area contributed by atoms with Crippen molar-refractivity contribution in [2.45, 2.75) is 13.5 Å². The average Bonchev–Trinajstić information content (AvgIpc) is 2.36. The molecule has 1 aromatic carbocycles. The monoisotopic (exact) mass is 306 g/mol. The van der Waals surface area contributed by atoms with E-state index in [2.05, 4.69) is 5.32 Å². The maximum absolute atomic E-state index is 11.3. The van der Waals surface area contributed by atoms with Crippen LogP contribution in [-0.2, 0) is 16.4 Å². The molecule has 0 aliphatic carbocycles. The van der Waals surface area contributed by atoms with Crippen molar-refractivity contribution < 1.29 is 13.3 Å². The van der Waals surface area contributed by atoms with Crippen molar-refractivity contribution in [1.29, 1.82) is 0 Å². The Morgan fingerprint density at radius 1 is 1.42 bits per heavy atom. The third-order valence-corrected chi connectivity index (χ3v) is 4.53. The fourth-order valence-corrected chi connectivity index (χ4v) is 2.36. The lowest BCUT2D eigenvalue weighted by Gasteiger charge is -2.06. The highest BCUT2D eigenvalue weighted by atomic mass is 35.5. The Labute approximate surface area is 116 Å². The summed E-state index contributed by atoms with van der Waals surface area (Å²) in [5.41, 5.74) is 0.404. The number of nitrogens with zero attached hydrogens (tertiary/aromatic N) is 1. The van der Waals surface area contributed by atoms with Gasteiger partial charge < -0.3 is 5.32 Å². The van der Waals surface area contributed by atoms with E-state index in [0.29, 0.717) is 10.6 Å². The molecule has 19 heavy (non-hydrogen) atoms. The maximum Gasteiger partial charge on any atom is 0.275 e. The van der Waals surface area contributed by atoms with E-state index in [4.69, 9.17) is 11.6 Å². The van der Waals surface area contributed by atoms with E-state index in [9.17, 15) is 18.5 Å². The summed E-state index contributed by atoms with van der Waals surface area (Å²) in [5, 5.41) is 14.0. The molecule has 0 spiro atoms. The van der Waals surface area contributed by atoms with E-state index in [0.717, 1.165) is 0 Å². The van der Waals surface area contributed by atoms with Gasteiger partial charge >= 0.3 is 0 Å². The first-order chi connectivity index (χ1) is 8.85. The zero-order valence-electron chi connectivity index (χ0n) is 10.4. The standard InChI is InChI=1S/C11H15ClN2O4S/c1-2-19(17,18)6-5-13-8-9-3-4-10(12)7-11(9)14(15)16/h3-4,7,13H,2,5-6,8H2,1H3. The van der Waals surface area contributed by atoms with Gasteiger partial charge in [-0.1, -0.05) is 18.5 Å². The van der Waals surface area contributed by atoms with Gasteiger partial charge in [-0.2, -0.15) is 0 Å². The molecule has 0 radical (unpaired) electrons. The molecule has 1 rings (SSSR count). The zero-order valence-corrected chi connectivity index (χ0v) is 12.0. The number of halogens is 1. The number of hydrogen-bond donors (Lipinski definition) is 1. The molecule has 0 aromatic heterocycles. The van der Waals surface area contributed by atoms with Crippen LogP contribution >= 0.6 is 11.6 Å². The summed E-state index contributed by atoms with van der Waals surface area (Å²) in [5.74, 6) is 0.112. The number of benzene rings is 1. The van der Waals surface area contributed by atoms with Crippen molar-refractivity contribution >= 4 is 27.1 Å². The van der Waals surface area contributed by atoms with Gasteiger partial charge in [-0.15, -0.1) is 0 Å². The van der Waals surface area contributed by atoms with Gasteiger partial charge in [-0.25, -0.2) is 8.42 Å². The Morgan fingerprint density at radius 2 is 2.11 bits per heavy atom. The highest BCUT2D eigenvalue weighted by Gasteiger charge is 2.14. The summed E-state index contributed by atoms with van der Waals surface area (Å²) in [6, 6.07) is 4.40. The molecule has 0 amide bonds. The molecule has 1 N–H and O–H groups in total. The smallest absolute Gasteiger partial charge is 0.275 e. The molecule has 1 aromatic rings.